The van der Waals surface area contributed by atoms with E-state index in [1.54, 1.807) is 6.92 Å². The van der Waals surface area contributed by atoms with Crippen molar-refractivity contribution in [1.29, 1.82) is 0 Å². The molecule has 1 aromatic rings. The Balaban J connectivity index is 0. The maximum Gasteiger partial charge on any atom is 1.00 e. The first-order valence-electron chi connectivity index (χ1n) is 4.07. The van der Waals surface area contributed by atoms with E-state index in [2.05, 4.69) is 0 Å². The van der Waals surface area contributed by atoms with Crippen molar-refractivity contribution in [2.75, 3.05) is 0 Å². The predicted octanol–water partition coefficient (Wildman–Crippen LogP) is -1.72. The molecule has 7 heteroatoms. The van der Waals surface area contributed by atoms with Crippen LogP contribution in [0.2, 0.25) is 0 Å². The molecule has 0 unspecified atom stereocenters. The van der Waals surface area contributed by atoms with Crippen LogP contribution in [0.4, 0.5) is 0 Å². The van der Waals surface area contributed by atoms with Crippen LogP contribution < -0.4 is 34.3 Å². The molecular weight excluding hydrogens is 243 g/mol. The van der Waals surface area contributed by atoms with Gasteiger partial charge in [-0.15, -0.1) is 0 Å². The van der Waals surface area contributed by atoms with Gasteiger partial charge in [0.05, 0.1) is 4.90 Å². The fraction of sp³-hybridized carbons (Fsp3) is 0.222. The van der Waals surface area contributed by atoms with E-state index in [1.165, 1.54) is 19.1 Å². The summed E-state index contributed by atoms with van der Waals surface area (Å²) >= 11 is 0. The zero-order valence-corrected chi connectivity index (χ0v) is 12.0. The normalized spacial score (nSPS) is 10.4. The van der Waals surface area contributed by atoms with Crippen molar-refractivity contribution in [2.45, 2.75) is 18.7 Å². The molecule has 0 bridgehead atoms. The van der Waals surface area contributed by atoms with Crippen LogP contribution in [0.1, 0.15) is 13.9 Å². The van der Waals surface area contributed by atoms with Gasteiger partial charge in [-0.2, -0.15) is 8.42 Å². The first-order valence-corrected chi connectivity index (χ1v) is 5.51. The van der Waals surface area contributed by atoms with Crippen LogP contribution >= 0.6 is 0 Å². The van der Waals surface area contributed by atoms with Gasteiger partial charge in [0.1, 0.15) is 5.75 Å². The van der Waals surface area contributed by atoms with Gasteiger partial charge in [-0.3, -0.25) is 9.35 Å². The van der Waals surface area contributed by atoms with E-state index in [1.807, 2.05) is 0 Å². The summed E-state index contributed by atoms with van der Waals surface area (Å²) in [7, 11) is -4.27. The second kappa shape index (κ2) is 5.79. The van der Waals surface area contributed by atoms with Crippen LogP contribution in [0, 0.1) is 6.92 Å². The summed E-state index contributed by atoms with van der Waals surface area (Å²) in [6, 6.07) is 3.78. The van der Waals surface area contributed by atoms with Gasteiger partial charge in [-0.1, -0.05) is 6.07 Å². The second-order valence-electron chi connectivity index (χ2n) is 3.00. The smallest absolute Gasteiger partial charge is 1.00 e. The van der Waals surface area contributed by atoms with Crippen molar-refractivity contribution in [2.24, 2.45) is 0 Å². The van der Waals surface area contributed by atoms with Crippen LogP contribution in [0.3, 0.4) is 0 Å². The van der Waals surface area contributed by atoms with Crippen LogP contribution in [0.15, 0.2) is 23.1 Å². The van der Waals surface area contributed by atoms with Crippen molar-refractivity contribution >= 4 is 16.1 Å². The van der Waals surface area contributed by atoms with E-state index in [-0.39, 0.29) is 41.6 Å². The van der Waals surface area contributed by atoms with E-state index in [0.29, 0.717) is 5.56 Å². The second-order valence-corrected chi connectivity index (χ2v) is 4.42. The largest absolute Gasteiger partial charge is 1.00 e. The molecule has 1 N–H and O–H groups in total. The first kappa shape index (κ1) is 15.6. The summed E-state index contributed by atoms with van der Waals surface area (Å²) in [6.07, 6.45) is 0. The van der Waals surface area contributed by atoms with Crippen molar-refractivity contribution in [3.63, 3.8) is 0 Å². The van der Waals surface area contributed by atoms with Gasteiger partial charge in [-0.25, -0.2) is 0 Å². The van der Waals surface area contributed by atoms with Gasteiger partial charge in [0.25, 0.3) is 10.1 Å². The molecule has 0 saturated carbocycles. The zero-order valence-electron chi connectivity index (χ0n) is 10.2. The third kappa shape index (κ3) is 4.23. The first-order chi connectivity index (χ1) is 6.80. The molecular formula is C9H11NaO5S. The molecule has 0 spiro atoms. The third-order valence-corrected chi connectivity index (χ3v) is 2.56. The van der Waals surface area contributed by atoms with E-state index in [0.717, 1.165) is 6.07 Å². The number of esters is 1. The summed E-state index contributed by atoms with van der Waals surface area (Å²) in [6.45, 7) is 2.87. The summed E-state index contributed by atoms with van der Waals surface area (Å²) in [4.78, 5) is 10.4. The monoisotopic (exact) mass is 254 g/mol. The maximum absolute atomic E-state index is 10.8. The molecule has 16 heavy (non-hydrogen) atoms. The van der Waals surface area contributed by atoms with E-state index in [9.17, 15) is 13.2 Å². The Labute approximate surface area is 117 Å². The molecule has 0 aliphatic heterocycles. The molecule has 0 aromatic heterocycles. The minimum Gasteiger partial charge on any atom is -1.00 e. The number of hydrogen-bond donors (Lipinski definition) is 1. The Morgan fingerprint density at radius 2 is 2.00 bits per heavy atom. The van der Waals surface area contributed by atoms with Gasteiger partial charge in [0.15, 0.2) is 0 Å². The topological polar surface area (TPSA) is 80.7 Å². The number of benzene rings is 1. The molecule has 0 radical (unpaired) electrons. The molecule has 84 valence electrons. The Hall–Kier alpha value is -0.400. The maximum atomic E-state index is 10.8. The molecule has 0 atom stereocenters. The minimum atomic E-state index is -4.27. The Morgan fingerprint density at radius 1 is 1.44 bits per heavy atom. The Kier molecular flexibility index (Phi) is 5.64. The van der Waals surface area contributed by atoms with Crippen LogP contribution in [-0.4, -0.2) is 18.9 Å². The van der Waals surface area contributed by atoms with Gasteiger partial charge >= 0.3 is 35.5 Å². The van der Waals surface area contributed by atoms with Gasteiger partial charge < -0.3 is 6.16 Å². The molecule has 0 amide bonds. The number of rotatable bonds is 2. The summed E-state index contributed by atoms with van der Waals surface area (Å²) < 4.78 is 35.1. The summed E-state index contributed by atoms with van der Waals surface area (Å²) in [5.41, 5.74) is 0.609. The quantitative estimate of drug-likeness (QED) is 0.294. The van der Waals surface area contributed by atoms with Gasteiger partial charge in [0.2, 0.25) is 0 Å². The third-order valence-electron chi connectivity index (χ3n) is 1.71. The van der Waals surface area contributed by atoms with E-state index in [4.69, 9.17) is 9.29 Å². The van der Waals surface area contributed by atoms with Gasteiger partial charge in [-0.05, 0) is 18.6 Å². The van der Waals surface area contributed by atoms with Crippen molar-refractivity contribution in [3.05, 3.63) is 23.8 Å². The Morgan fingerprint density at radius 3 is 2.44 bits per heavy atom. The molecule has 0 fully saturated rings. The average molecular weight is 254 g/mol. The molecule has 0 aliphatic rings. The fourth-order valence-electron chi connectivity index (χ4n) is 1.01. The van der Waals surface area contributed by atoms with Gasteiger partial charge in [0, 0.05) is 13.0 Å². The van der Waals surface area contributed by atoms with Crippen LogP contribution in [0.25, 0.3) is 0 Å². The van der Waals surface area contributed by atoms with Crippen LogP contribution in [-0.2, 0) is 14.9 Å². The molecule has 5 nitrogen and oxygen atoms in total. The molecule has 1 aromatic carbocycles. The van der Waals surface area contributed by atoms with Crippen LogP contribution in [0.5, 0.6) is 5.75 Å². The SMILES string of the molecule is CC(=O)Oc1cc(S(=O)(=O)O)ccc1C.[H-].[Na+]. The number of carbonyl (C=O) groups excluding carboxylic acids is 1. The number of ether oxygens (including phenoxy) is 1. The molecule has 1 rings (SSSR count). The minimum absolute atomic E-state index is 0. The van der Waals surface area contributed by atoms with E-state index >= 15 is 0 Å². The molecule has 0 saturated heterocycles. The van der Waals surface area contributed by atoms with E-state index < -0.39 is 16.1 Å². The zero-order chi connectivity index (χ0) is 11.6. The number of carbonyl (C=O) groups is 1. The fourth-order valence-corrected chi connectivity index (χ4v) is 1.50. The Bertz CT molecular complexity index is 500. The van der Waals surface area contributed by atoms with Crippen molar-refractivity contribution in [3.8, 4) is 5.75 Å². The standard InChI is InChI=1S/C9H10O5S.Na.H/c1-6-3-4-8(15(11,12)13)5-9(6)14-7(2)10;;/h3-5H,1-2H3,(H,11,12,13);;/q;+1;-1. The number of aryl methyl sites for hydroxylation is 1. The summed E-state index contributed by atoms with van der Waals surface area (Å²) in [5.74, 6) is -0.428. The molecule has 0 heterocycles. The van der Waals surface area contributed by atoms with Crippen molar-refractivity contribution < 1.29 is 53.5 Å². The molecule has 0 aliphatic carbocycles. The number of hydrogen-bond acceptors (Lipinski definition) is 4. The summed E-state index contributed by atoms with van der Waals surface area (Å²) in [5, 5.41) is 0. The van der Waals surface area contributed by atoms with Crippen molar-refractivity contribution in [1.82, 2.24) is 0 Å². The average Bonchev–Trinajstić information content (AvgIpc) is 2.06. The predicted molar refractivity (Wildman–Crippen MR) is 53.4 cm³/mol.